The van der Waals surface area contributed by atoms with Crippen LogP contribution in [0.1, 0.15) is 58.3 Å². The van der Waals surface area contributed by atoms with Gasteiger partial charge < -0.3 is 10.2 Å². The van der Waals surface area contributed by atoms with Crippen molar-refractivity contribution in [2.75, 3.05) is 0 Å². The summed E-state index contributed by atoms with van der Waals surface area (Å²) in [4.78, 5) is 0. The van der Waals surface area contributed by atoms with E-state index in [4.69, 9.17) is 6.42 Å². The van der Waals surface area contributed by atoms with Crippen molar-refractivity contribution in [2.45, 2.75) is 70.0 Å². The molecule has 2 N–H and O–H groups in total. The molecule has 4 aliphatic carbocycles. The van der Waals surface area contributed by atoms with Gasteiger partial charge in [-0.3, -0.25) is 0 Å². The summed E-state index contributed by atoms with van der Waals surface area (Å²) in [6.45, 7) is 2.24. The monoisotopic (exact) mass is 300 g/mol. The first kappa shape index (κ1) is 14.8. The van der Waals surface area contributed by atoms with Gasteiger partial charge in [0.05, 0.1) is 6.10 Å². The van der Waals surface area contributed by atoms with E-state index in [9.17, 15) is 10.2 Å². The molecule has 0 saturated heterocycles. The predicted octanol–water partition coefficient (Wildman–Crippen LogP) is 3.28. The summed E-state index contributed by atoms with van der Waals surface area (Å²) in [7, 11) is 0. The van der Waals surface area contributed by atoms with Gasteiger partial charge in [0.25, 0.3) is 0 Å². The Morgan fingerprint density at radius 3 is 2.77 bits per heavy atom. The standard InChI is InChI=1S/C20H28O2/c1-3-20(22)11-9-18-17-6-4-13-12-14(21)5-7-15(13)16(17)8-10-19(18,20)2/h1,4,14-18,21-22H,5-12H2,2H3/t14?,15-,16+,17+,18-,19-,20+/m0/s1. The molecule has 7 atom stereocenters. The van der Waals surface area contributed by atoms with E-state index in [1.807, 2.05) is 0 Å². The quantitative estimate of drug-likeness (QED) is 0.532. The minimum atomic E-state index is -0.893. The average Bonchev–Trinajstić information content (AvgIpc) is 2.79. The van der Waals surface area contributed by atoms with E-state index < -0.39 is 5.60 Å². The minimum Gasteiger partial charge on any atom is -0.393 e. The number of aliphatic hydroxyl groups is 2. The third-order valence-corrected chi connectivity index (χ3v) is 7.81. The second kappa shape index (κ2) is 4.86. The molecular weight excluding hydrogens is 272 g/mol. The molecule has 0 aliphatic heterocycles. The normalized spacial score (nSPS) is 53.7. The van der Waals surface area contributed by atoms with Crippen LogP contribution in [0.3, 0.4) is 0 Å². The van der Waals surface area contributed by atoms with Gasteiger partial charge in [-0.2, -0.15) is 0 Å². The van der Waals surface area contributed by atoms with Gasteiger partial charge >= 0.3 is 0 Å². The van der Waals surface area contributed by atoms with Gasteiger partial charge in [-0.05, 0) is 75.0 Å². The largest absolute Gasteiger partial charge is 0.393 e. The number of hydrogen-bond acceptors (Lipinski definition) is 2. The van der Waals surface area contributed by atoms with Crippen LogP contribution >= 0.6 is 0 Å². The topological polar surface area (TPSA) is 40.5 Å². The molecule has 0 aromatic rings. The first-order chi connectivity index (χ1) is 10.5. The number of fused-ring (bicyclic) bond motifs is 5. The summed E-state index contributed by atoms with van der Waals surface area (Å²) in [6, 6.07) is 0. The molecule has 3 fully saturated rings. The minimum absolute atomic E-state index is 0.0948. The van der Waals surface area contributed by atoms with Crippen molar-refractivity contribution in [3.8, 4) is 12.3 Å². The zero-order chi connectivity index (χ0) is 15.5. The fourth-order valence-electron chi connectivity index (χ4n) is 6.50. The van der Waals surface area contributed by atoms with Gasteiger partial charge in [0.2, 0.25) is 0 Å². The van der Waals surface area contributed by atoms with Gasteiger partial charge in [-0.25, -0.2) is 0 Å². The van der Waals surface area contributed by atoms with Crippen LogP contribution in [0, 0.1) is 41.4 Å². The Morgan fingerprint density at radius 1 is 1.18 bits per heavy atom. The SMILES string of the molecule is C#C[C@@]1(O)CC[C@H]2[C@@H]3CC=C4CC(O)CC[C@@H]4[C@H]3CC[C@@]21C. The number of allylic oxidation sites excluding steroid dienone is 1. The van der Waals surface area contributed by atoms with E-state index in [1.54, 1.807) is 0 Å². The van der Waals surface area contributed by atoms with Crippen molar-refractivity contribution < 1.29 is 10.2 Å². The molecule has 0 bridgehead atoms. The number of hydrogen-bond donors (Lipinski definition) is 2. The highest BCUT2D eigenvalue weighted by Crippen LogP contribution is 2.64. The third kappa shape index (κ3) is 1.82. The van der Waals surface area contributed by atoms with Gasteiger partial charge in [-0.15, -0.1) is 6.42 Å². The fraction of sp³-hybridized carbons (Fsp3) is 0.800. The van der Waals surface area contributed by atoms with Gasteiger partial charge in [0, 0.05) is 5.41 Å². The van der Waals surface area contributed by atoms with Crippen molar-refractivity contribution in [1.82, 2.24) is 0 Å². The van der Waals surface area contributed by atoms with Crippen molar-refractivity contribution in [2.24, 2.45) is 29.1 Å². The molecule has 0 amide bonds. The number of rotatable bonds is 0. The van der Waals surface area contributed by atoms with Crippen LogP contribution in [-0.2, 0) is 0 Å². The van der Waals surface area contributed by atoms with Crippen molar-refractivity contribution >= 4 is 0 Å². The van der Waals surface area contributed by atoms with Crippen molar-refractivity contribution in [1.29, 1.82) is 0 Å². The Bertz CT molecular complexity index is 544. The Morgan fingerprint density at radius 2 is 2.00 bits per heavy atom. The van der Waals surface area contributed by atoms with Crippen LogP contribution < -0.4 is 0 Å². The molecule has 22 heavy (non-hydrogen) atoms. The van der Waals surface area contributed by atoms with Gasteiger partial charge in [-0.1, -0.05) is 24.5 Å². The Labute approximate surface area is 134 Å². The van der Waals surface area contributed by atoms with Crippen molar-refractivity contribution in [3.63, 3.8) is 0 Å². The highest BCUT2D eigenvalue weighted by atomic mass is 16.3. The predicted molar refractivity (Wildman–Crippen MR) is 86.9 cm³/mol. The molecule has 3 saturated carbocycles. The first-order valence-electron chi connectivity index (χ1n) is 9.05. The Balaban J connectivity index is 1.64. The summed E-state index contributed by atoms with van der Waals surface area (Å²) < 4.78 is 0. The molecular formula is C20H28O2. The molecule has 4 aliphatic rings. The molecule has 120 valence electrons. The van der Waals surface area contributed by atoms with Crippen LogP contribution in [0.4, 0.5) is 0 Å². The Kier molecular flexibility index (Phi) is 3.26. The van der Waals surface area contributed by atoms with Gasteiger partial charge in [0.15, 0.2) is 0 Å². The highest BCUT2D eigenvalue weighted by Gasteiger charge is 2.61. The maximum atomic E-state index is 10.9. The van der Waals surface area contributed by atoms with E-state index in [0.717, 1.165) is 50.9 Å². The van der Waals surface area contributed by atoms with Crippen molar-refractivity contribution in [3.05, 3.63) is 11.6 Å². The second-order valence-electron chi connectivity index (χ2n) is 8.49. The van der Waals surface area contributed by atoms with Crippen LogP contribution in [-0.4, -0.2) is 21.9 Å². The average molecular weight is 300 g/mol. The summed E-state index contributed by atoms with van der Waals surface area (Å²) in [5.41, 5.74) is 0.534. The highest BCUT2D eigenvalue weighted by molar-refractivity contribution is 5.26. The van der Waals surface area contributed by atoms with Gasteiger partial charge in [0.1, 0.15) is 5.60 Å². The van der Waals surface area contributed by atoms with E-state index in [-0.39, 0.29) is 11.5 Å². The van der Waals surface area contributed by atoms with Crippen LogP contribution in [0.15, 0.2) is 11.6 Å². The summed E-state index contributed by atoms with van der Waals surface area (Å²) in [5.74, 6) is 5.44. The number of aliphatic hydroxyl groups excluding tert-OH is 1. The zero-order valence-electron chi connectivity index (χ0n) is 13.6. The second-order valence-corrected chi connectivity index (χ2v) is 8.49. The maximum Gasteiger partial charge on any atom is 0.130 e. The smallest absolute Gasteiger partial charge is 0.130 e. The van der Waals surface area contributed by atoms with E-state index >= 15 is 0 Å². The summed E-state index contributed by atoms with van der Waals surface area (Å²) >= 11 is 0. The molecule has 1 unspecified atom stereocenters. The lowest BCUT2D eigenvalue weighted by molar-refractivity contribution is -0.0828. The number of terminal acetylenes is 1. The summed E-state index contributed by atoms with van der Waals surface area (Å²) in [6.07, 6.45) is 16.3. The molecule has 2 heteroatoms. The lowest BCUT2D eigenvalue weighted by Crippen LogP contribution is -2.52. The summed E-state index contributed by atoms with van der Waals surface area (Å²) in [5, 5.41) is 20.9. The Hall–Kier alpha value is -0.780. The molecule has 0 aromatic carbocycles. The molecule has 0 spiro atoms. The van der Waals surface area contributed by atoms with E-state index in [2.05, 4.69) is 18.9 Å². The lowest BCUT2D eigenvalue weighted by atomic mass is 9.51. The van der Waals surface area contributed by atoms with Crippen LogP contribution in [0.2, 0.25) is 0 Å². The maximum absolute atomic E-state index is 10.9. The molecule has 0 heterocycles. The molecule has 4 rings (SSSR count). The third-order valence-electron chi connectivity index (χ3n) is 7.81. The fourth-order valence-corrected chi connectivity index (χ4v) is 6.50. The molecule has 0 radical (unpaired) electrons. The van der Waals surface area contributed by atoms with E-state index in [0.29, 0.717) is 17.8 Å². The van der Waals surface area contributed by atoms with Crippen LogP contribution in [0.5, 0.6) is 0 Å². The zero-order valence-corrected chi connectivity index (χ0v) is 13.6. The first-order valence-corrected chi connectivity index (χ1v) is 9.05. The van der Waals surface area contributed by atoms with E-state index in [1.165, 1.54) is 12.0 Å². The molecule has 2 nitrogen and oxygen atoms in total. The lowest BCUT2D eigenvalue weighted by Gasteiger charge is -2.54. The van der Waals surface area contributed by atoms with Crippen LogP contribution in [0.25, 0.3) is 0 Å². The molecule has 0 aromatic heterocycles.